The summed E-state index contributed by atoms with van der Waals surface area (Å²) in [4.78, 5) is 4.24. The summed E-state index contributed by atoms with van der Waals surface area (Å²) in [5, 5.41) is 11.5. The van der Waals surface area contributed by atoms with Crippen LogP contribution in [0.15, 0.2) is 23.6 Å². The number of aromatic hydroxyl groups is 1. The highest BCUT2D eigenvalue weighted by Gasteiger charge is 2.11. The van der Waals surface area contributed by atoms with E-state index in [1.807, 2.05) is 12.3 Å². The number of nitrogens with zero attached hydrogens (tertiary/aromatic N) is 1. The van der Waals surface area contributed by atoms with Crippen molar-refractivity contribution >= 4 is 11.3 Å². The van der Waals surface area contributed by atoms with Crippen molar-refractivity contribution in [2.75, 3.05) is 0 Å². The molecule has 0 bridgehead atoms. The fraction of sp³-hybridized carbons (Fsp3) is 0.182. The minimum Gasteiger partial charge on any atom is -0.508 e. The summed E-state index contributed by atoms with van der Waals surface area (Å²) in [6, 6.07) is 3.85. The molecule has 0 aliphatic rings. The number of benzene rings is 1. The molecular formula is C11H11FN2OS. The van der Waals surface area contributed by atoms with Gasteiger partial charge < -0.3 is 10.8 Å². The Labute approximate surface area is 96.4 Å². The van der Waals surface area contributed by atoms with E-state index >= 15 is 0 Å². The molecule has 0 aliphatic heterocycles. The highest BCUT2D eigenvalue weighted by Crippen LogP contribution is 2.29. The largest absolute Gasteiger partial charge is 0.508 e. The molecule has 1 aromatic carbocycles. The van der Waals surface area contributed by atoms with Gasteiger partial charge in [-0.25, -0.2) is 9.37 Å². The monoisotopic (exact) mass is 238 g/mol. The summed E-state index contributed by atoms with van der Waals surface area (Å²) in [5.41, 5.74) is 6.80. The lowest BCUT2D eigenvalue weighted by molar-refractivity contribution is 0.469. The minimum atomic E-state index is -0.481. The van der Waals surface area contributed by atoms with E-state index in [2.05, 4.69) is 4.98 Å². The van der Waals surface area contributed by atoms with Crippen molar-refractivity contribution < 1.29 is 9.50 Å². The van der Waals surface area contributed by atoms with Crippen LogP contribution >= 0.6 is 11.3 Å². The minimum absolute atomic E-state index is 0.0924. The molecule has 1 aromatic heterocycles. The molecule has 16 heavy (non-hydrogen) atoms. The Morgan fingerprint density at radius 2 is 2.25 bits per heavy atom. The van der Waals surface area contributed by atoms with Crippen LogP contribution in [0.4, 0.5) is 4.39 Å². The Morgan fingerprint density at radius 3 is 2.81 bits per heavy atom. The van der Waals surface area contributed by atoms with Gasteiger partial charge in [-0.05, 0) is 19.1 Å². The van der Waals surface area contributed by atoms with E-state index in [1.54, 1.807) is 0 Å². The van der Waals surface area contributed by atoms with E-state index in [9.17, 15) is 4.39 Å². The Bertz CT molecular complexity index is 510. The molecule has 0 spiro atoms. The zero-order valence-corrected chi connectivity index (χ0v) is 9.46. The van der Waals surface area contributed by atoms with Crippen LogP contribution in [0, 0.1) is 5.82 Å². The lowest BCUT2D eigenvalue weighted by atomic mass is 10.2. The standard InChI is InChI=1S/C11H11FN2OS/c1-6(13)10-5-16-11(14-10)8-3-2-7(15)4-9(8)12/h2-6,15H,13H2,1H3. The summed E-state index contributed by atoms with van der Waals surface area (Å²) in [6.45, 7) is 1.83. The van der Waals surface area contributed by atoms with Gasteiger partial charge >= 0.3 is 0 Å². The summed E-state index contributed by atoms with van der Waals surface area (Å²) in [6.07, 6.45) is 0. The first-order chi connectivity index (χ1) is 7.58. The summed E-state index contributed by atoms with van der Waals surface area (Å²) in [7, 11) is 0. The van der Waals surface area contributed by atoms with Gasteiger partial charge in [0.1, 0.15) is 16.6 Å². The van der Waals surface area contributed by atoms with Crippen LogP contribution in [0.1, 0.15) is 18.7 Å². The fourth-order valence-electron chi connectivity index (χ4n) is 1.30. The maximum Gasteiger partial charge on any atom is 0.137 e. The third-order valence-electron chi connectivity index (χ3n) is 2.17. The predicted octanol–water partition coefficient (Wildman–Crippen LogP) is 2.67. The number of hydrogen-bond acceptors (Lipinski definition) is 4. The SMILES string of the molecule is CC(N)c1csc(-c2ccc(O)cc2F)n1. The third-order valence-corrected chi connectivity index (χ3v) is 3.07. The van der Waals surface area contributed by atoms with Crippen LogP contribution in [0.25, 0.3) is 10.6 Å². The van der Waals surface area contributed by atoms with Gasteiger partial charge in [-0.1, -0.05) is 0 Å². The molecule has 0 fully saturated rings. The maximum absolute atomic E-state index is 13.5. The molecule has 2 aromatic rings. The second-order valence-electron chi connectivity index (χ2n) is 3.53. The first kappa shape index (κ1) is 11.0. The fourth-order valence-corrected chi connectivity index (χ4v) is 2.25. The predicted molar refractivity (Wildman–Crippen MR) is 61.8 cm³/mol. The Hall–Kier alpha value is -1.46. The maximum atomic E-state index is 13.5. The van der Waals surface area contributed by atoms with Gasteiger partial charge in [-0.15, -0.1) is 11.3 Å². The zero-order valence-electron chi connectivity index (χ0n) is 8.64. The number of nitrogens with two attached hydrogens (primary N) is 1. The molecule has 0 aliphatic carbocycles. The Kier molecular flexibility index (Phi) is 2.89. The van der Waals surface area contributed by atoms with E-state index < -0.39 is 5.82 Å². The first-order valence-electron chi connectivity index (χ1n) is 4.78. The molecule has 1 heterocycles. The van der Waals surface area contributed by atoms with Gasteiger partial charge in [0.05, 0.1) is 5.69 Å². The molecule has 5 heteroatoms. The quantitative estimate of drug-likeness (QED) is 0.845. The first-order valence-corrected chi connectivity index (χ1v) is 5.66. The van der Waals surface area contributed by atoms with Gasteiger partial charge in [-0.2, -0.15) is 0 Å². The lowest BCUT2D eigenvalue weighted by Crippen LogP contribution is -2.04. The van der Waals surface area contributed by atoms with Gasteiger partial charge in [0, 0.05) is 23.1 Å². The van der Waals surface area contributed by atoms with Crippen LogP contribution in [0.5, 0.6) is 5.75 Å². The van der Waals surface area contributed by atoms with Gasteiger partial charge in [0.2, 0.25) is 0 Å². The van der Waals surface area contributed by atoms with Crippen LogP contribution in [-0.2, 0) is 0 Å². The van der Waals surface area contributed by atoms with Crippen molar-refractivity contribution in [3.05, 3.63) is 35.1 Å². The van der Waals surface area contributed by atoms with Crippen molar-refractivity contribution in [1.29, 1.82) is 0 Å². The number of hydrogen-bond donors (Lipinski definition) is 2. The van der Waals surface area contributed by atoms with Gasteiger partial charge in [-0.3, -0.25) is 0 Å². The van der Waals surface area contributed by atoms with E-state index in [1.165, 1.54) is 23.5 Å². The van der Waals surface area contributed by atoms with Crippen molar-refractivity contribution in [3.63, 3.8) is 0 Å². The Morgan fingerprint density at radius 1 is 1.50 bits per heavy atom. The van der Waals surface area contributed by atoms with Crippen molar-refractivity contribution in [3.8, 4) is 16.3 Å². The van der Waals surface area contributed by atoms with Crippen molar-refractivity contribution in [1.82, 2.24) is 4.98 Å². The smallest absolute Gasteiger partial charge is 0.137 e. The molecule has 0 saturated carbocycles. The van der Waals surface area contributed by atoms with Crippen LogP contribution in [-0.4, -0.2) is 10.1 Å². The topological polar surface area (TPSA) is 59.1 Å². The van der Waals surface area contributed by atoms with Crippen LogP contribution in [0.3, 0.4) is 0 Å². The average Bonchev–Trinajstić information content (AvgIpc) is 2.66. The second kappa shape index (κ2) is 4.19. The number of aromatic nitrogens is 1. The molecule has 0 amide bonds. The van der Waals surface area contributed by atoms with Gasteiger partial charge in [0.15, 0.2) is 0 Å². The summed E-state index contributed by atoms with van der Waals surface area (Å²) >= 11 is 1.34. The molecule has 1 unspecified atom stereocenters. The number of rotatable bonds is 2. The normalized spacial score (nSPS) is 12.7. The lowest BCUT2D eigenvalue weighted by Gasteiger charge is -2.00. The average molecular weight is 238 g/mol. The van der Waals surface area contributed by atoms with Crippen molar-refractivity contribution in [2.45, 2.75) is 13.0 Å². The molecule has 1 atom stereocenters. The second-order valence-corrected chi connectivity index (χ2v) is 4.39. The molecule has 84 valence electrons. The number of phenolic OH excluding ortho intramolecular Hbond substituents is 1. The number of phenols is 1. The third kappa shape index (κ3) is 2.05. The van der Waals surface area contributed by atoms with Crippen LogP contribution in [0.2, 0.25) is 0 Å². The molecule has 2 rings (SSSR count). The molecule has 0 radical (unpaired) electrons. The molecular weight excluding hydrogens is 227 g/mol. The summed E-state index contributed by atoms with van der Waals surface area (Å²) in [5.74, 6) is -0.573. The highest BCUT2D eigenvalue weighted by molar-refractivity contribution is 7.13. The van der Waals surface area contributed by atoms with E-state index in [0.29, 0.717) is 10.6 Å². The van der Waals surface area contributed by atoms with Crippen LogP contribution < -0.4 is 5.73 Å². The number of thiazole rings is 1. The van der Waals surface area contributed by atoms with E-state index in [0.717, 1.165) is 11.8 Å². The van der Waals surface area contributed by atoms with Gasteiger partial charge in [0.25, 0.3) is 0 Å². The van der Waals surface area contributed by atoms with E-state index in [-0.39, 0.29) is 11.8 Å². The molecule has 0 saturated heterocycles. The molecule has 3 N–H and O–H groups in total. The Balaban J connectivity index is 2.42. The van der Waals surface area contributed by atoms with Crippen molar-refractivity contribution in [2.24, 2.45) is 5.73 Å². The summed E-state index contributed by atoms with van der Waals surface area (Å²) < 4.78 is 13.5. The molecule has 3 nitrogen and oxygen atoms in total. The highest BCUT2D eigenvalue weighted by atomic mass is 32.1. The number of halogens is 1. The van der Waals surface area contributed by atoms with E-state index in [4.69, 9.17) is 10.8 Å². The zero-order chi connectivity index (χ0) is 11.7.